The second-order valence-electron chi connectivity index (χ2n) is 5.18. The van der Waals surface area contributed by atoms with Gasteiger partial charge in [-0.05, 0) is 18.8 Å². The number of nitrogens with zero attached hydrogens (tertiary/aromatic N) is 2. The van der Waals surface area contributed by atoms with Crippen LogP contribution in [0.4, 0.5) is 4.79 Å². The molecular formula is C12H21N3O3. The molecule has 2 aliphatic rings. The number of carbonyl (C=O) groups is 2. The number of amides is 3. The summed E-state index contributed by atoms with van der Waals surface area (Å²) in [5.41, 5.74) is 0. The molecule has 6 nitrogen and oxygen atoms in total. The van der Waals surface area contributed by atoms with Crippen molar-refractivity contribution < 1.29 is 14.3 Å². The van der Waals surface area contributed by atoms with Crippen molar-refractivity contribution in [3.63, 3.8) is 0 Å². The third kappa shape index (κ3) is 2.43. The van der Waals surface area contributed by atoms with Crippen LogP contribution in [0, 0.1) is 5.92 Å². The highest BCUT2D eigenvalue weighted by Gasteiger charge is 2.42. The normalized spacial score (nSPS) is 30.8. The zero-order chi connectivity index (χ0) is 13.3. The lowest BCUT2D eigenvalue weighted by Gasteiger charge is -2.35. The average molecular weight is 255 g/mol. The highest BCUT2D eigenvalue weighted by molar-refractivity contribution is 5.80. The van der Waals surface area contributed by atoms with Crippen LogP contribution in [-0.2, 0) is 9.53 Å². The Bertz CT molecular complexity index is 345. The summed E-state index contributed by atoms with van der Waals surface area (Å²) in [4.78, 5) is 26.8. The quantitative estimate of drug-likeness (QED) is 0.711. The standard InChI is InChI=1S/C12H21N3O3/c1-13-11(16)9-6-8-4-5-15(7-10(8)18-9)12(17)14(2)3/h8-10H,4-7H2,1-3H3,(H,13,16)/t8-,9+,10+/m0/s1. The van der Waals surface area contributed by atoms with E-state index in [4.69, 9.17) is 4.74 Å². The van der Waals surface area contributed by atoms with Crippen LogP contribution in [0.15, 0.2) is 0 Å². The molecule has 1 N–H and O–H groups in total. The van der Waals surface area contributed by atoms with Gasteiger partial charge in [0.05, 0.1) is 6.10 Å². The predicted molar refractivity (Wildman–Crippen MR) is 66.1 cm³/mol. The van der Waals surface area contributed by atoms with Crippen molar-refractivity contribution in [3.8, 4) is 0 Å². The van der Waals surface area contributed by atoms with E-state index in [9.17, 15) is 9.59 Å². The second kappa shape index (κ2) is 5.14. The number of fused-ring (bicyclic) bond motifs is 1. The second-order valence-corrected chi connectivity index (χ2v) is 5.18. The molecule has 2 aliphatic heterocycles. The van der Waals surface area contributed by atoms with Gasteiger partial charge in [-0.15, -0.1) is 0 Å². The molecule has 0 saturated carbocycles. The molecule has 0 aliphatic carbocycles. The summed E-state index contributed by atoms with van der Waals surface area (Å²) in [6.45, 7) is 1.34. The first-order valence-corrected chi connectivity index (χ1v) is 6.36. The topological polar surface area (TPSA) is 61.9 Å². The molecular weight excluding hydrogens is 234 g/mol. The highest BCUT2D eigenvalue weighted by Crippen LogP contribution is 2.33. The van der Waals surface area contributed by atoms with Gasteiger partial charge in [-0.2, -0.15) is 0 Å². The maximum Gasteiger partial charge on any atom is 0.319 e. The molecule has 3 amide bonds. The van der Waals surface area contributed by atoms with Crippen LogP contribution < -0.4 is 5.32 Å². The third-order valence-corrected chi connectivity index (χ3v) is 3.74. The maximum atomic E-state index is 11.9. The fourth-order valence-corrected chi connectivity index (χ4v) is 2.72. The van der Waals surface area contributed by atoms with E-state index >= 15 is 0 Å². The van der Waals surface area contributed by atoms with E-state index in [0.29, 0.717) is 12.5 Å². The Labute approximate surface area is 107 Å². The van der Waals surface area contributed by atoms with E-state index in [1.807, 2.05) is 0 Å². The van der Waals surface area contributed by atoms with Crippen LogP contribution >= 0.6 is 0 Å². The molecule has 0 unspecified atom stereocenters. The van der Waals surface area contributed by atoms with Crippen LogP contribution in [0.1, 0.15) is 12.8 Å². The van der Waals surface area contributed by atoms with E-state index < -0.39 is 0 Å². The first-order valence-electron chi connectivity index (χ1n) is 6.36. The van der Waals surface area contributed by atoms with Gasteiger partial charge in [0.15, 0.2) is 0 Å². The SMILES string of the molecule is CNC(=O)[C@H]1C[C@@H]2CCN(C(=O)N(C)C)C[C@H]2O1. The molecule has 3 atom stereocenters. The Morgan fingerprint density at radius 2 is 2.11 bits per heavy atom. The molecule has 2 heterocycles. The molecule has 2 saturated heterocycles. The zero-order valence-corrected chi connectivity index (χ0v) is 11.2. The molecule has 0 bridgehead atoms. The van der Waals surface area contributed by atoms with E-state index in [1.54, 1.807) is 30.9 Å². The van der Waals surface area contributed by atoms with E-state index in [1.165, 1.54) is 0 Å². The van der Waals surface area contributed by atoms with E-state index in [-0.39, 0.29) is 24.1 Å². The van der Waals surface area contributed by atoms with E-state index in [0.717, 1.165) is 19.4 Å². The van der Waals surface area contributed by atoms with Crippen molar-refractivity contribution in [2.45, 2.75) is 25.0 Å². The molecule has 0 spiro atoms. The van der Waals surface area contributed by atoms with Crippen molar-refractivity contribution in [1.29, 1.82) is 0 Å². The summed E-state index contributed by atoms with van der Waals surface area (Å²) in [5, 5.41) is 2.62. The summed E-state index contributed by atoms with van der Waals surface area (Å²) in [5.74, 6) is 0.341. The summed E-state index contributed by atoms with van der Waals surface area (Å²) >= 11 is 0. The van der Waals surface area contributed by atoms with Crippen molar-refractivity contribution in [2.75, 3.05) is 34.2 Å². The first kappa shape index (κ1) is 13.1. The van der Waals surface area contributed by atoms with Gasteiger partial charge in [-0.3, -0.25) is 4.79 Å². The lowest BCUT2D eigenvalue weighted by atomic mass is 9.92. The van der Waals surface area contributed by atoms with Gasteiger partial charge in [0, 0.05) is 34.2 Å². The number of likely N-dealkylation sites (N-methyl/N-ethyl adjacent to an activating group) is 1. The van der Waals surface area contributed by atoms with Gasteiger partial charge in [0.25, 0.3) is 0 Å². The number of ether oxygens (including phenoxy) is 1. The minimum atomic E-state index is -0.348. The van der Waals surface area contributed by atoms with Crippen LogP contribution in [0.25, 0.3) is 0 Å². The Morgan fingerprint density at radius 3 is 2.72 bits per heavy atom. The van der Waals surface area contributed by atoms with Crippen molar-refractivity contribution >= 4 is 11.9 Å². The summed E-state index contributed by atoms with van der Waals surface area (Å²) in [7, 11) is 5.12. The Morgan fingerprint density at radius 1 is 1.39 bits per heavy atom. The molecule has 2 fully saturated rings. The number of piperidine rings is 1. The minimum Gasteiger partial charge on any atom is -0.363 e. The largest absolute Gasteiger partial charge is 0.363 e. The summed E-state index contributed by atoms with van der Waals surface area (Å²) in [6.07, 6.45) is 1.34. The van der Waals surface area contributed by atoms with Crippen molar-refractivity contribution in [2.24, 2.45) is 5.92 Å². The highest BCUT2D eigenvalue weighted by atomic mass is 16.5. The fourth-order valence-electron chi connectivity index (χ4n) is 2.72. The van der Waals surface area contributed by atoms with Crippen molar-refractivity contribution in [3.05, 3.63) is 0 Å². The third-order valence-electron chi connectivity index (χ3n) is 3.74. The summed E-state index contributed by atoms with van der Waals surface area (Å²) in [6, 6.07) is 0.0143. The van der Waals surface area contributed by atoms with Gasteiger partial charge in [-0.1, -0.05) is 0 Å². The number of nitrogens with one attached hydrogen (secondary N) is 1. The van der Waals surface area contributed by atoms with Crippen LogP contribution in [0.2, 0.25) is 0 Å². The number of hydrogen-bond donors (Lipinski definition) is 1. The number of carbonyl (C=O) groups excluding carboxylic acids is 2. The summed E-state index contributed by atoms with van der Waals surface area (Å²) < 4.78 is 5.75. The number of rotatable bonds is 1. The molecule has 0 aromatic carbocycles. The monoisotopic (exact) mass is 255 g/mol. The molecule has 18 heavy (non-hydrogen) atoms. The Hall–Kier alpha value is -1.30. The predicted octanol–water partition coefficient (Wildman–Crippen LogP) is -0.107. The van der Waals surface area contributed by atoms with Gasteiger partial charge in [0.1, 0.15) is 6.10 Å². The zero-order valence-electron chi connectivity index (χ0n) is 11.2. The Kier molecular flexibility index (Phi) is 3.75. The number of urea groups is 1. The van der Waals surface area contributed by atoms with E-state index in [2.05, 4.69) is 5.32 Å². The molecule has 6 heteroatoms. The minimum absolute atomic E-state index is 0.00458. The van der Waals surface area contributed by atoms with Gasteiger partial charge in [0.2, 0.25) is 5.91 Å². The van der Waals surface area contributed by atoms with Crippen LogP contribution in [-0.4, -0.2) is 68.2 Å². The van der Waals surface area contributed by atoms with Crippen LogP contribution in [0.3, 0.4) is 0 Å². The molecule has 2 rings (SSSR count). The number of likely N-dealkylation sites (tertiary alicyclic amines) is 1. The molecule has 0 aromatic heterocycles. The molecule has 102 valence electrons. The Balaban J connectivity index is 1.95. The van der Waals surface area contributed by atoms with Gasteiger partial charge < -0.3 is 19.9 Å². The number of hydrogen-bond acceptors (Lipinski definition) is 3. The maximum absolute atomic E-state index is 11.9. The lowest BCUT2D eigenvalue weighted by molar-refractivity contribution is -0.132. The van der Waals surface area contributed by atoms with Crippen LogP contribution in [0.5, 0.6) is 0 Å². The first-order chi connectivity index (χ1) is 8.52. The van der Waals surface area contributed by atoms with Crippen molar-refractivity contribution in [1.82, 2.24) is 15.1 Å². The van der Waals surface area contributed by atoms with Gasteiger partial charge >= 0.3 is 6.03 Å². The molecule has 0 radical (unpaired) electrons. The molecule has 0 aromatic rings. The lowest BCUT2D eigenvalue weighted by Crippen LogP contribution is -2.49. The van der Waals surface area contributed by atoms with Gasteiger partial charge in [-0.25, -0.2) is 4.79 Å². The smallest absolute Gasteiger partial charge is 0.319 e. The average Bonchev–Trinajstić information content (AvgIpc) is 2.79. The fraction of sp³-hybridized carbons (Fsp3) is 0.833.